The molecule has 3 rings (SSSR count). The number of urea groups is 1. The lowest BCUT2D eigenvalue weighted by Crippen LogP contribution is -2.49. The molecular formula is C24H29N3O5. The molecule has 0 radical (unpaired) electrons. The van der Waals surface area contributed by atoms with E-state index in [1.54, 1.807) is 18.2 Å². The molecule has 2 aromatic carbocycles. The fourth-order valence-electron chi connectivity index (χ4n) is 3.37. The number of benzene rings is 2. The van der Waals surface area contributed by atoms with Crippen LogP contribution < -0.4 is 5.32 Å². The van der Waals surface area contributed by atoms with Crippen LogP contribution in [-0.2, 0) is 6.42 Å². The van der Waals surface area contributed by atoms with E-state index in [2.05, 4.69) is 10.3 Å². The molecule has 0 spiro atoms. The number of aryl methyl sites for hydroxylation is 1. The highest BCUT2D eigenvalue weighted by molar-refractivity contribution is 5.90. The van der Waals surface area contributed by atoms with Crippen LogP contribution in [0.25, 0.3) is 11.1 Å². The molecule has 8 nitrogen and oxygen atoms in total. The predicted octanol–water partition coefficient (Wildman–Crippen LogP) is 4.60. The van der Waals surface area contributed by atoms with Gasteiger partial charge in [0.1, 0.15) is 5.52 Å². The molecule has 0 aliphatic heterocycles. The number of aliphatic hydroxyl groups is 1. The molecule has 0 fully saturated rings. The highest BCUT2D eigenvalue weighted by atomic mass is 16.4. The molecular weight excluding hydrogens is 410 g/mol. The SMILES string of the molecule is CC(C)CCN(C(=O)O)C(=O)N[C@@H](CCc1ccccc1)[C@H](O)c1nc2ccccc2o1. The van der Waals surface area contributed by atoms with E-state index in [1.165, 1.54) is 0 Å². The Morgan fingerprint density at radius 1 is 1.06 bits per heavy atom. The van der Waals surface area contributed by atoms with E-state index >= 15 is 0 Å². The molecule has 0 aliphatic rings. The van der Waals surface area contributed by atoms with Gasteiger partial charge in [0.2, 0.25) is 5.89 Å². The molecule has 0 aliphatic carbocycles. The van der Waals surface area contributed by atoms with Crippen molar-refractivity contribution in [2.75, 3.05) is 6.54 Å². The second kappa shape index (κ2) is 10.8. The summed E-state index contributed by atoms with van der Waals surface area (Å²) in [6.45, 7) is 3.98. The Labute approximate surface area is 186 Å². The topological polar surface area (TPSA) is 116 Å². The van der Waals surface area contributed by atoms with E-state index in [1.807, 2.05) is 50.2 Å². The number of para-hydroxylation sites is 2. The number of carboxylic acid groups (broad SMARTS) is 1. The number of aliphatic hydroxyl groups excluding tert-OH is 1. The smallest absolute Gasteiger partial charge is 0.415 e. The normalized spacial score (nSPS) is 13.1. The van der Waals surface area contributed by atoms with Crippen LogP contribution in [0.5, 0.6) is 0 Å². The number of hydrogen-bond acceptors (Lipinski definition) is 5. The fourth-order valence-corrected chi connectivity index (χ4v) is 3.37. The van der Waals surface area contributed by atoms with Gasteiger partial charge < -0.3 is 19.9 Å². The molecule has 1 heterocycles. The first-order chi connectivity index (χ1) is 15.3. The number of carbonyl (C=O) groups is 2. The third-order valence-corrected chi connectivity index (χ3v) is 5.25. The van der Waals surface area contributed by atoms with Crippen LogP contribution in [0.2, 0.25) is 0 Å². The summed E-state index contributed by atoms with van der Waals surface area (Å²) in [6.07, 6.45) is -1.09. The number of rotatable bonds is 9. The molecule has 32 heavy (non-hydrogen) atoms. The van der Waals surface area contributed by atoms with Crippen molar-refractivity contribution in [3.05, 3.63) is 66.1 Å². The highest BCUT2D eigenvalue weighted by Gasteiger charge is 2.30. The van der Waals surface area contributed by atoms with Crippen molar-refractivity contribution in [3.63, 3.8) is 0 Å². The van der Waals surface area contributed by atoms with Crippen LogP contribution in [0.15, 0.2) is 59.0 Å². The number of carbonyl (C=O) groups excluding carboxylic acids is 1. The lowest BCUT2D eigenvalue weighted by Gasteiger charge is -2.26. The van der Waals surface area contributed by atoms with Crippen LogP contribution in [0.4, 0.5) is 9.59 Å². The van der Waals surface area contributed by atoms with E-state index in [-0.39, 0.29) is 18.4 Å². The van der Waals surface area contributed by atoms with Gasteiger partial charge in [-0.1, -0.05) is 56.3 Å². The van der Waals surface area contributed by atoms with Gasteiger partial charge in [-0.2, -0.15) is 0 Å². The van der Waals surface area contributed by atoms with E-state index in [4.69, 9.17) is 4.42 Å². The summed E-state index contributed by atoms with van der Waals surface area (Å²) in [5.74, 6) is 0.317. The van der Waals surface area contributed by atoms with Crippen molar-refractivity contribution in [1.82, 2.24) is 15.2 Å². The van der Waals surface area contributed by atoms with Gasteiger partial charge >= 0.3 is 12.1 Å². The van der Waals surface area contributed by atoms with Gasteiger partial charge in [0.05, 0.1) is 6.04 Å². The van der Waals surface area contributed by atoms with Gasteiger partial charge in [0, 0.05) is 6.54 Å². The third kappa shape index (κ3) is 6.07. The maximum absolute atomic E-state index is 12.8. The molecule has 0 unspecified atom stereocenters. The Balaban J connectivity index is 1.80. The number of imide groups is 1. The highest BCUT2D eigenvalue weighted by Crippen LogP contribution is 2.24. The first kappa shape index (κ1) is 23.3. The second-order valence-electron chi connectivity index (χ2n) is 8.16. The van der Waals surface area contributed by atoms with Gasteiger partial charge in [-0.15, -0.1) is 0 Å². The number of hydrogen-bond donors (Lipinski definition) is 3. The standard InChI is InChI=1S/C24H29N3O5/c1-16(2)14-15-27(24(30)31)23(29)26-19(13-12-17-8-4-3-5-9-17)21(28)22-25-18-10-6-7-11-20(18)32-22/h3-11,16,19,21,28H,12-15H2,1-2H3,(H,26,29)(H,30,31)/t19-,21-/m0/s1. The molecule has 0 saturated heterocycles. The maximum Gasteiger partial charge on any atom is 0.415 e. The number of aromatic nitrogens is 1. The molecule has 170 valence electrons. The second-order valence-corrected chi connectivity index (χ2v) is 8.16. The summed E-state index contributed by atoms with van der Waals surface area (Å²) >= 11 is 0. The number of nitrogens with one attached hydrogen (secondary N) is 1. The molecule has 3 N–H and O–H groups in total. The summed E-state index contributed by atoms with van der Waals surface area (Å²) in [5.41, 5.74) is 2.16. The number of fused-ring (bicyclic) bond motifs is 1. The van der Waals surface area contributed by atoms with Crippen molar-refractivity contribution >= 4 is 23.2 Å². The van der Waals surface area contributed by atoms with E-state index in [9.17, 15) is 19.8 Å². The third-order valence-electron chi connectivity index (χ3n) is 5.25. The Bertz CT molecular complexity index is 1000. The largest absolute Gasteiger partial charge is 0.465 e. The van der Waals surface area contributed by atoms with E-state index in [0.29, 0.717) is 30.4 Å². The minimum Gasteiger partial charge on any atom is -0.465 e. The monoisotopic (exact) mass is 439 g/mol. The van der Waals surface area contributed by atoms with Gasteiger partial charge in [0.15, 0.2) is 11.7 Å². The summed E-state index contributed by atoms with van der Waals surface area (Å²) < 4.78 is 5.69. The van der Waals surface area contributed by atoms with Crippen molar-refractivity contribution in [1.29, 1.82) is 0 Å². The molecule has 2 atom stereocenters. The molecule has 3 amide bonds. The van der Waals surface area contributed by atoms with Gasteiger partial charge in [-0.25, -0.2) is 19.5 Å². The fraction of sp³-hybridized carbons (Fsp3) is 0.375. The Morgan fingerprint density at radius 3 is 2.41 bits per heavy atom. The predicted molar refractivity (Wildman–Crippen MR) is 120 cm³/mol. The lowest BCUT2D eigenvalue weighted by atomic mass is 10.0. The average Bonchev–Trinajstić information content (AvgIpc) is 3.21. The van der Waals surface area contributed by atoms with Crippen molar-refractivity contribution in [2.45, 2.75) is 45.3 Å². The van der Waals surface area contributed by atoms with Crippen LogP contribution in [-0.4, -0.2) is 44.8 Å². The molecule has 1 aromatic heterocycles. The zero-order valence-electron chi connectivity index (χ0n) is 18.3. The van der Waals surface area contributed by atoms with Gasteiger partial charge in [-0.05, 0) is 42.9 Å². The molecule has 0 saturated carbocycles. The van der Waals surface area contributed by atoms with Crippen molar-refractivity contribution < 1.29 is 24.2 Å². The van der Waals surface area contributed by atoms with Crippen molar-refractivity contribution in [2.24, 2.45) is 5.92 Å². The first-order valence-corrected chi connectivity index (χ1v) is 10.7. The van der Waals surface area contributed by atoms with E-state index in [0.717, 1.165) is 10.5 Å². The van der Waals surface area contributed by atoms with Gasteiger partial charge in [0.25, 0.3) is 0 Å². The zero-order valence-corrected chi connectivity index (χ0v) is 18.3. The molecule has 3 aromatic rings. The van der Waals surface area contributed by atoms with Crippen LogP contribution in [0, 0.1) is 5.92 Å². The number of amides is 3. The zero-order chi connectivity index (χ0) is 23.1. The van der Waals surface area contributed by atoms with Gasteiger partial charge in [-0.3, -0.25) is 0 Å². The summed E-state index contributed by atoms with van der Waals surface area (Å²) in [6, 6.07) is 15.2. The quantitative estimate of drug-likeness (QED) is 0.449. The maximum atomic E-state index is 12.8. The minimum absolute atomic E-state index is 0.0726. The Kier molecular flexibility index (Phi) is 7.83. The number of oxazole rings is 1. The Hall–Kier alpha value is -3.39. The number of nitrogens with zero attached hydrogens (tertiary/aromatic N) is 2. The minimum atomic E-state index is -1.33. The summed E-state index contributed by atoms with van der Waals surface area (Å²) in [4.78, 5) is 29.5. The molecule has 0 bridgehead atoms. The summed E-state index contributed by atoms with van der Waals surface area (Å²) in [5, 5.41) is 23.2. The van der Waals surface area contributed by atoms with Crippen LogP contribution in [0.3, 0.4) is 0 Å². The lowest BCUT2D eigenvalue weighted by molar-refractivity contribution is 0.0941. The summed E-state index contributed by atoms with van der Waals surface area (Å²) in [7, 11) is 0. The van der Waals surface area contributed by atoms with Crippen LogP contribution in [0.1, 0.15) is 44.2 Å². The first-order valence-electron chi connectivity index (χ1n) is 10.7. The van der Waals surface area contributed by atoms with E-state index < -0.39 is 24.3 Å². The average molecular weight is 440 g/mol. The molecule has 8 heteroatoms. The Morgan fingerprint density at radius 2 is 1.75 bits per heavy atom. The van der Waals surface area contributed by atoms with Crippen molar-refractivity contribution in [3.8, 4) is 0 Å². The van der Waals surface area contributed by atoms with Crippen LogP contribution >= 0.6 is 0 Å².